The van der Waals surface area contributed by atoms with Crippen LogP contribution >= 0.6 is 0 Å². The van der Waals surface area contributed by atoms with Gasteiger partial charge >= 0.3 is 5.69 Å². The summed E-state index contributed by atoms with van der Waals surface area (Å²) in [4.78, 5) is 15.6. The minimum atomic E-state index is -0.322. The van der Waals surface area contributed by atoms with Crippen molar-refractivity contribution in [2.24, 2.45) is 0 Å². The molecule has 1 unspecified atom stereocenters. The van der Waals surface area contributed by atoms with Crippen LogP contribution in [0.5, 0.6) is 0 Å². The Hall–Kier alpha value is -1.93. The number of nitrogens with zero attached hydrogens (tertiary/aromatic N) is 3. The first-order valence-corrected chi connectivity index (χ1v) is 5.47. The summed E-state index contributed by atoms with van der Waals surface area (Å²) >= 11 is 0. The van der Waals surface area contributed by atoms with Crippen molar-refractivity contribution in [2.75, 3.05) is 25.6 Å². The number of hydrogen-bond donors (Lipinski definition) is 3. The van der Waals surface area contributed by atoms with Crippen LogP contribution in [0.15, 0.2) is 10.9 Å². The van der Waals surface area contributed by atoms with E-state index in [0.717, 1.165) is 0 Å². The van der Waals surface area contributed by atoms with Crippen LogP contribution in [0.1, 0.15) is 5.82 Å². The fourth-order valence-electron chi connectivity index (χ4n) is 1.72. The number of aliphatic hydroxyl groups is 1. The van der Waals surface area contributed by atoms with Gasteiger partial charge in [0.1, 0.15) is 11.6 Å². The Morgan fingerprint density at radius 2 is 2.44 bits per heavy atom. The zero-order chi connectivity index (χ0) is 13.1. The zero-order valence-electron chi connectivity index (χ0n) is 10.2. The van der Waals surface area contributed by atoms with Crippen molar-refractivity contribution in [3.63, 3.8) is 0 Å². The summed E-state index contributed by atoms with van der Waals surface area (Å²) in [5, 5.41) is 18.4. The molecular weight excluding hydrogens is 238 g/mol. The zero-order valence-corrected chi connectivity index (χ0v) is 10.2. The number of hydrogen-bond acceptors (Lipinski definition) is 6. The second kappa shape index (κ2) is 5.15. The molecule has 0 aromatic carbocycles. The molecule has 0 fully saturated rings. The van der Waals surface area contributed by atoms with Gasteiger partial charge in [-0.25, -0.2) is 19.3 Å². The number of aryl methyl sites for hydroxylation is 1. The van der Waals surface area contributed by atoms with Crippen LogP contribution in [0.25, 0.3) is 5.65 Å². The van der Waals surface area contributed by atoms with Crippen molar-refractivity contribution in [3.8, 4) is 0 Å². The molecule has 2 aromatic heterocycles. The van der Waals surface area contributed by atoms with Gasteiger partial charge in [-0.2, -0.15) is 5.10 Å². The Morgan fingerprint density at radius 3 is 3.11 bits per heavy atom. The average Bonchev–Trinajstić information content (AvgIpc) is 2.71. The SMILES string of the molecule is COCC(CO)Nc1cc2n[nH]c(=O)n2c(C)n1. The van der Waals surface area contributed by atoms with Gasteiger partial charge in [0, 0.05) is 13.2 Å². The van der Waals surface area contributed by atoms with Gasteiger partial charge < -0.3 is 15.2 Å². The van der Waals surface area contributed by atoms with Crippen molar-refractivity contribution in [1.82, 2.24) is 19.6 Å². The molecule has 0 radical (unpaired) electrons. The summed E-state index contributed by atoms with van der Waals surface area (Å²) in [7, 11) is 1.56. The van der Waals surface area contributed by atoms with E-state index < -0.39 is 0 Å². The molecule has 3 N–H and O–H groups in total. The number of nitrogens with one attached hydrogen (secondary N) is 2. The standard InChI is InChI=1S/C10H15N5O3/c1-6-11-8(12-7(4-16)5-18-2)3-9-13-14-10(17)15(6)9/h3,7,12,16H,4-5H2,1-2H3,(H,14,17). The van der Waals surface area contributed by atoms with Crippen molar-refractivity contribution in [1.29, 1.82) is 0 Å². The molecule has 98 valence electrons. The molecule has 0 aliphatic carbocycles. The molecule has 0 aliphatic heterocycles. The number of rotatable bonds is 5. The molecule has 0 amide bonds. The van der Waals surface area contributed by atoms with E-state index in [1.54, 1.807) is 20.1 Å². The molecule has 8 nitrogen and oxygen atoms in total. The molecule has 1 atom stereocenters. The highest BCUT2D eigenvalue weighted by Crippen LogP contribution is 2.09. The Bertz CT molecular complexity index is 591. The number of H-pyrrole nitrogens is 1. The largest absolute Gasteiger partial charge is 0.394 e. The van der Waals surface area contributed by atoms with Gasteiger partial charge in [0.2, 0.25) is 0 Å². The number of aliphatic hydroxyl groups excluding tert-OH is 1. The summed E-state index contributed by atoms with van der Waals surface area (Å²) < 4.78 is 6.33. The maximum Gasteiger partial charge on any atom is 0.349 e. The fourth-order valence-corrected chi connectivity index (χ4v) is 1.72. The van der Waals surface area contributed by atoms with Crippen LogP contribution in [0.4, 0.5) is 5.82 Å². The highest BCUT2D eigenvalue weighted by atomic mass is 16.5. The lowest BCUT2D eigenvalue weighted by Crippen LogP contribution is -2.29. The predicted octanol–water partition coefficient (Wildman–Crippen LogP) is -0.855. The monoisotopic (exact) mass is 253 g/mol. The van der Waals surface area contributed by atoms with Crippen molar-refractivity contribution >= 4 is 11.5 Å². The van der Waals surface area contributed by atoms with Crippen molar-refractivity contribution in [3.05, 3.63) is 22.4 Å². The highest BCUT2D eigenvalue weighted by Gasteiger charge is 2.11. The van der Waals surface area contributed by atoms with Gasteiger partial charge in [0.05, 0.1) is 19.3 Å². The van der Waals surface area contributed by atoms with Crippen LogP contribution in [-0.4, -0.2) is 51.1 Å². The molecule has 8 heteroatoms. The molecule has 0 aliphatic rings. The van der Waals surface area contributed by atoms with Crippen molar-refractivity contribution in [2.45, 2.75) is 13.0 Å². The normalized spacial score (nSPS) is 12.8. The lowest BCUT2D eigenvalue weighted by Gasteiger charge is -2.16. The highest BCUT2D eigenvalue weighted by molar-refractivity contribution is 5.50. The van der Waals surface area contributed by atoms with E-state index in [-0.39, 0.29) is 18.3 Å². The summed E-state index contributed by atoms with van der Waals surface area (Å²) in [6, 6.07) is 1.37. The smallest absolute Gasteiger partial charge is 0.349 e. The lowest BCUT2D eigenvalue weighted by atomic mass is 10.3. The van der Waals surface area contributed by atoms with Crippen LogP contribution in [0.2, 0.25) is 0 Å². The number of methoxy groups -OCH3 is 1. The number of fused-ring (bicyclic) bond motifs is 1. The fraction of sp³-hybridized carbons (Fsp3) is 0.500. The minimum absolute atomic E-state index is 0.0763. The Morgan fingerprint density at radius 1 is 1.67 bits per heavy atom. The number of aromatic nitrogens is 4. The molecular formula is C10H15N5O3. The van der Waals surface area contributed by atoms with E-state index in [1.165, 1.54) is 4.40 Å². The van der Waals surface area contributed by atoms with Gasteiger partial charge in [-0.1, -0.05) is 0 Å². The third kappa shape index (κ3) is 2.34. The topological polar surface area (TPSA) is 105 Å². The van der Waals surface area contributed by atoms with Gasteiger partial charge in [0.15, 0.2) is 5.65 Å². The number of anilines is 1. The Kier molecular flexibility index (Phi) is 3.58. The van der Waals surface area contributed by atoms with Crippen molar-refractivity contribution < 1.29 is 9.84 Å². The quantitative estimate of drug-likeness (QED) is 0.641. The summed E-state index contributed by atoms with van der Waals surface area (Å²) in [6.07, 6.45) is 0. The number of ether oxygens (including phenoxy) is 1. The summed E-state index contributed by atoms with van der Waals surface area (Å²) in [6.45, 7) is 1.99. The molecule has 0 saturated carbocycles. The third-order valence-electron chi connectivity index (χ3n) is 2.51. The van der Waals surface area contributed by atoms with E-state index in [9.17, 15) is 4.79 Å². The van der Waals surface area contributed by atoms with Gasteiger partial charge in [-0.15, -0.1) is 0 Å². The second-order valence-corrected chi connectivity index (χ2v) is 3.89. The van der Waals surface area contributed by atoms with Gasteiger partial charge in [-0.05, 0) is 6.92 Å². The predicted molar refractivity (Wildman–Crippen MR) is 64.7 cm³/mol. The minimum Gasteiger partial charge on any atom is -0.394 e. The van der Waals surface area contributed by atoms with E-state index in [1.807, 2.05) is 0 Å². The summed E-state index contributed by atoms with van der Waals surface area (Å²) in [5.74, 6) is 1.05. The Balaban J connectivity index is 2.32. The van der Waals surface area contributed by atoms with E-state index in [4.69, 9.17) is 9.84 Å². The summed E-state index contributed by atoms with van der Waals surface area (Å²) in [5.41, 5.74) is 0.154. The maximum atomic E-state index is 11.4. The lowest BCUT2D eigenvalue weighted by molar-refractivity contribution is 0.153. The number of aromatic amines is 1. The van der Waals surface area contributed by atoms with Gasteiger partial charge in [-0.3, -0.25) is 0 Å². The van der Waals surface area contributed by atoms with Crippen LogP contribution in [0, 0.1) is 6.92 Å². The molecule has 2 aromatic rings. The first-order valence-electron chi connectivity index (χ1n) is 5.47. The van der Waals surface area contributed by atoms with E-state index in [0.29, 0.717) is 23.9 Å². The van der Waals surface area contributed by atoms with E-state index in [2.05, 4.69) is 20.5 Å². The van der Waals surface area contributed by atoms with Crippen LogP contribution in [0.3, 0.4) is 0 Å². The van der Waals surface area contributed by atoms with Crippen LogP contribution < -0.4 is 11.0 Å². The second-order valence-electron chi connectivity index (χ2n) is 3.89. The molecule has 2 heterocycles. The first-order chi connectivity index (χ1) is 8.65. The molecule has 0 saturated heterocycles. The molecule has 0 spiro atoms. The third-order valence-corrected chi connectivity index (χ3v) is 2.51. The van der Waals surface area contributed by atoms with Crippen LogP contribution in [-0.2, 0) is 4.74 Å². The van der Waals surface area contributed by atoms with Gasteiger partial charge in [0.25, 0.3) is 0 Å². The molecule has 18 heavy (non-hydrogen) atoms. The van der Waals surface area contributed by atoms with E-state index >= 15 is 0 Å². The molecule has 0 bridgehead atoms. The Labute approximate surface area is 103 Å². The average molecular weight is 253 g/mol. The molecule has 2 rings (SSSR count). The maximum absolute atomic E-state index is 11.4. The first kappa shape index (κ1) is 12.5.